The molecule has 5 nitrogen and oxygen atoms in total. The van der Waals surface area contributed by atoms with Crippen molar-refractivity contribution >= 4 is 23.2 Å². The summed E-state index contributed by atoms with van der Waals surface area (Å²) in [6.45, 7) is 2.85. The van der Waals surface area contributed by atoms with Crippen LogP contribution in [0.5, 0.6) is 0 Å². The molecule has 0 aliphatic heterocycles. The minimum Gasteiger partial charge on any atom is -0.378 e. The van der Waals surface area contributed by atoms with E-state index in [0.29, 0.717) is 6.54 Å². The van der Waals surface area contributed by atoms with E-state index in [4.69, 9.17) is 11.6 Å². The molecule has 0 unspecified atom stereocenters. The minimum absolute atomic E-state index is 0.0787. The standard InChI is InChI=1S/C14H17ClN4O/c1-10-3-4-11(5-13(10)15)6-17-12-7-18-19(8-12)9-14(20)16-2/h3-5,7-8,17H,6,9H2,1-2H3,(H,16,20). The number of aryl methyl sites for hydroxylation is 1. The topological polar surface area (TPSA) is 59.0 Å². The molecule has 0 spiro atoms. The molecule has 0 saturated carbocycles. The van der Waals surface area contributed by atoms with E-state index in [1.54, 1.807) is 24.1 Å². The molecule has 0 atom stereocenters. The highest BCUT2D eigenvalue weighted by Gasteiger charge is 2.03. The van der Waals surface area contributed by atoms with Crippen LogP contribution in [0.25, 0.3) is 0 Å². The van der Waals surface area contributed by atoms with Crippen molar-refractivity contribution in [1.29, 1.82) is 0 Å². The summed E-state index contributed by atoms with van der Waals surface area (Å²) in [5, 5.41) is 10.7. The van der Waals surface area contributed by atoms with Crippen molar-refractivity contribution in [2.75, 3.05) is 12.4 Å². The van der Waals surface area contributed by atoms with Crippen LogP contribution < -0.4 is 10.6 Å². The zero-order chi connectivity index (χ0) is 14.5. The molecule has 2 rings (SSSR count). The largest absolute Gasteiger partial charge is 0.378 e. The van der Waals surface area contributed by atoms with E-state index < -0.39 is 0 Å². The fourth-order valence-electron chi connectivity index (χ4n) is 1.72. The van der Waals surface area contributed by atoms with Crippen LogP contribution in [0.1, 0.15) is 11.1 Å². The van der Waals surface area contributed by atoms with E-state index in [2.05, 4.69) is 15.7 Å². The van der Waals surface area contributed by atoms with Crippen molar-refractivity contribution in [3.05, 3.63) is 46.7 Å². The van der Waals surface area contributed by atoms with Gasteiger partial charge in [-0.3, -0.25) is 9.48 Å². The molecule has 1 amide bonds. The number of likely N-dealkylation sites (N-methyl/N-ethyl adjacent to an activating group) is 1. The number of anilines is 1. The maximum Gasteiger partial charge on any atom is 0.241 e. The molecule has 1 aromatic heterocycles. The molecule has 0 saturated heterocycles. The summed E-state index contributed by atoms with van der Waals surface area (Å²) in [6, 6.07) is 5.97. The summed E-state index contributed by atoms with van der Waals surface area (Å²) in [6.07, 6.45) is 3.49. The Morgan fingerprint density at radius 2 is 2.25 bits per heavy atom. The number of nitrogens with one attached hydrogen (secondary N) is 2. The summed E-state index contributed by atoms with van der Waals surface area (Å²) >= 11 is 6.08. The van der Waals surface area contributed by atoms with Crippen molar-refractivity contribution in [2.45, 2.75) is 20.0 Å². The number of halogens is 1. The van der Waals surface area contributed by atoms with E-state index in [9.17, 15) is 4.79 Å². The Balaban J connectivity index is 1.93. The summed E-state index contributed by atoms with van der Waals surface area (Å²) in [5.41, 5.74) is 3.03. The average molecular weight is 293 g/mol. The maximum atomic E-state index is 11.2. The van der Waals surface area contributed by atoms with E-state index in [1.165, 1.54) is 0 Å². The van der Waals surface area contributed by atoms with Gasteiger partial charge in [0.05, 0.1) is 11.9 Å². The Bertz CT molecular complexity index is 609. The summed E-state index contributed by atoms with van der Waals surface area (Å²) in [4.78, 5) is 11.2. The van der Waals surface area contributed by atoms with Crippen LogP contribution in [0.4, 0.5) is 5.69 Å². The van der Waals surface area contributed by atoms with Gasteiger partial charge in [-0.1, -0.05) is 23.7 Å². The van der Waals surface area contributed by atoms with Crippen LogP contribution in [-0.2, 0) is 17.9 Å². The van der Waals surface area contributed by atoms with Crippen LogP contribution in [0.3, 0.4) is 0 Å². The number of hydrogen-bond donors (Lipinski definition) is 2. The SMILES string of the molecule is CNC(=O)Cn1cc(NCc2ccc(C)c(Cl)c2)cn1. The van der Waals surface area contributed by atoms with Gasteiger partial charge in [0.25, 0.3) is 0 Å². The highest BCUT2D eigenvalue weighted by atomic mass is 35.5. The summed E-state index contributed by atoms with van der Waals surface area (Å²) in [7, 11) is 1.60. The number of amides is 1. The van der Waals surface area contributed by atoms with Crippen LogP contribution >= 0.6 is 11.6 Å². The number of nitrogens with zero attached hydrogens (tertiary/aromatic N) is 2. The highest BCUT2D eigenvalue weighted by Crippen LogP contribution is 2.17. The zero-order valence-corrected chi connectivity index (χ0v) is 12.2. The third-order valence-electron chi connectivity index (χ3n) is 2.95. The van der Waals surface area contributed by atoms with Gasteiger partial charge in [0.15, 0.2) is 0 Å². The highest BCUT2D eigenvalue weighted by molar-refractivity contribution is 6.31. The monoisotopic (exact) mass is 292 g/mol. The summed E-state index contributed by atoms with van der Waals surface area (Å²) < 4.78 is 1.59. The molecule has 0 bridgehead atoms. The number of carbonyl (C=O) groups excluding carboxylic acids is 1. The lowest BCUT2D eigenvalue weighted by molar-refractivity contribution is -0.121. The van der Waals surface area contributed by atoms with E-state index in [0.717, 1.165) is 21.8 Å². The van der Waals surface area contributed by atoms with E-state index in [-0.39, 0.29) is 12.5 Å². The molecule has 0 aliphatic carbocycles. The van der Waals surface area contributed by atoms with Crippen molar-refractivity contribution in [1.82, 2.24) is 15.1 Å². The Morgan fingerprint density at radius 3 is 2.95 bits per heavy atom. The molecule has 6 heteroatoms. The van der Waals surface area contributed by atoms with Crippen LogP contribution in [0.2, 0.25) is 5.02 Å². The predicted molar refractivity (Wildman–Crippen MR) is 79.8 cm³/mol. The quantitative estimate of drug-likeness (QED) is 0.888. The fourth-order valence-corrected chi connectivity index (χ4v) is 1.92. The van der Waals surface area contributed by atoms with Crippen LogP contribution in [-0.4, -0.2) is 22.7 Å². The van der Waals surface area contributed by atoms with Crippen molar-refractivity contribution in [3.8, 4) is 0 Å². The number of benzene rings is 1. The Hall–Kier alpha value is -2.01. The third kappa shape index (κ3) is 3.74. The Labute approximate surface area is 122 Å². The minimum atomic E-state index is -0.0787. The van der Waals surface area contributed by atoms with Gasteiger partial charge >= 0.3 is 0 Å². The molecule has 20 heavy (non-hydrogen) atoms. The summed E-state index contributed by atoms with van der Waals surface area (Å²) in [5.74, 6) is -0.0787. The average Bonchev–Trinajstić information content (AvgIpc) is 2.87. The van der Waals surface area contributed by atoms with Crippen molar-refractivity contribution in [3.63, 3.8) is 0 Å². The number of rotatable bonds is 5. The van der Waals surface area contributed by atoms with Gasteiger partial charge in [0.2, 0.25) is 5.91 Å². The van der Waals surface area contributed by atoms with Crippen LogP contribution in [0.15, 0.2) is 30.6 Å². The Morgan fingerprint density at radius 1 is 1.45 bits per heavy atom. The molecule has 0 aliphatic rings. The fraction of sp³-hybridized carbons (Fsp3) is 0.286. The van der Waals surface area contributed by atoms with E-state index in [1.807, 2.05) is 25.1 Å². The molecule has 1 heterocycles. The normalized spacial score (nSPS) is 10.3. The van der Waals surface area contributed by atoms with Gasteiger partial charge in [-0.2, -0.15) is 5.10 Å². The smallest absolute Gasteiger partial charge is 0.241 e. The van der Waals surface area contributed by atoms with Crippen molar-refractivity contribution < 1.29 is 4.79 Å². The van der Waals surface area contributed by atoms with E-state index >= 15 is 0 Å². The first kappa shape index (κ1) is 14.4. The lowest BCUT2D eigenvalue weighted by atomic mass is 10.1. The second-order valence-electron chi connectivity index (χ2n) is 4.54. The van der Waals surface area contributed by atoms with Gasteiger partial charge in [0, 0.05) is 24.8 Å². The molecule has 1 aromatic carbocycles. The number of hydrogen-bond acceptors (Lipinski definition) is 3. The van der Waals surface area contributed by atoms with Crippen molar-refractivity contribution in [2.24, 2.45) is 0 Å². The third-order valence-corrected chi connectivity index (χ3v) is 3.36. The lowest BCUT2D eigenvalue weighted by Gasteiger charge is -2.05. The van der Waals surface area contributed by atoms with Gasteiger partial charge in [-0.05, 0) is 24.1 Å². The molecule has 2 N–H and O–H groups in total. The first-order chi connectivity index (χ1) is 9.58. The zero-order valence-electron chi connectivity index (χ0n) is 11.5. The van der Waals surface area contributed by atoms with Crippen LogP contribution in [0, 0.1) is 6.92 Å². The molecular formula is C14H17ClN4O. The predicted octanol–water partition coefficient (Wildman–Crippen LogP) is 2.20. The maximum absolute atomic E-state index is 11.2. The molecular weight excluding hydrogens is 276 g/mol. The second kappa shape index (κ2) is 6.43. The first-order valence-corrected chi connectivity index (χ1v) is 6.68. The Kier molecular flexibility index (Phi) is 4.63. The lowest BCUT2D eigenvalue weighted by Crippen LogP contribution is -2.23. The number of carbonyl (C=O) groups is 1. The van der Waals surface area contributed by atoms with Gasteiger partial charge in [-0.15, -0.1) is 0 Å². The molecule has 106 valence electrons. The number of aromatic nitrogens is 2. The van der Waals surface area contributed by atoms with Gasteiger partial charge < -0.3 is 10.6 Å². The van der Waals surface area contributed by atoms with Gasteiger partial charge in [-0.25, -0.2) is 0 Å². The molecule has 0 radical (unpaired) electrons. The second-order valence-corrected chi connectivity index (χ2v) is 4.94. The first-order valence-electron chi connectivity index (χ1n) is 6.30. The molecule has 0 fully saturated rings. The van der Waals surface area contributed by atoms with Gasteiger partial charge in [0.1, 0.15) is 6.54 Å². The molecule has 2 aromatic rings.